The molecule has 0 amide bonds. The number of aryl methyl sites for hydroxylation is 2. The minimum Gasteiger partial charge on any atom is -0.256 e. The van der Waals surface area contributed by atoms with Gasteiger partial charge < -0.3 is 0 Å². The van der Waals surface area contributed by atoms with Crippen molar-refractivity contribution in [3.63, 3.8) is 0 Å². The molecule has 0 aliphatic heterocycles. The Kier molecular flexibility index (Phi) is 4.17. The van der Waals surface area contributed by atoms with E-state index < -0.39 is 15.1 Å². The molecule has 0 bridgehead atoms. The number of hydrogen-bond acceptors (Lipinski definition) is 4. The van der Waals surface area contributed by atoms with Crippen LogP contribution in [-0.2, 0) is 16.9 Å². The van der Waals surface area contributed by atoms with E-state index in [0.717, 1.165) is 0 Å². The number of sulfone groups is 1. The summed E-state index contributed by atoms with van der Waals surface area (Å²) in [4.78, 5) is 0. The van der Waals surface area contributed by atoms with Crippen LogP contribution >= 0.6 is 11.6 Å². The van der Waals surface area contributed by atoms with Gasteiger partial charge in [0, 0.05) is 12.9 Å². The molecule has 0 fully saturated rings. The van der Waals surface area contributed by atoms with Crippen molar-refractivity contribution in [2.24, 2.45) is 7.05 Å². The van der Waals surface area contributed by atoms with E-state index >= 15 is 0 Å². The van der Waals surface area contributed by atoms with E-state index in [1.165, 1.54) is 11.7 Å². The highest BCUT2D eigenvalue weighted by Crippen LogP contribution is 2.23. The van der Waals surface area contributed by atoms with Crippen LogP contribution in [-0.4, -0.2) is 29.3 Å². The molecule has 17 heavy (non-hydrogen) atoms. The first-order valence-corrected chi connectivity index (χ1v) is 7.17. The Balaban J connectivity index is 3.39. The van der Waals surface area contributed by atoms with Crippen molar-refractivity contribution in [2.45, 2.75) is 30.5 Å². The number of nitriles is 1. The number of halogens is 1. The van der Waals surface area contributed by atoms with Crippen molar-refractivity contribution in [3.05, 3.63) is 11.3 Å². The molecule has 0 saturated carbocycles. The molecule has 1 aromatic heterocycles. The zero-order valence-corrected chi connectivity index (χ0v) is 11.5. The van der Waals surface area contributed by atoms with E-state index in [-0.39, 0.29) is 16.5 Å². The third-order valence-electron chi connectivity index (χ3n) is 2.60. The molecule has 1 rings (SSSR count). The second kappa shape index (κ2) is 5.07. The molecule has 94 valence electrons. The first kappa shape index (κ1) is 14.0. The van der Waals surface area contributed by atoms with Gasteiger partial charge >= 0.3 is 0 Å². The van der Waals surface area contributed by atoms with Crippen molar-refractivity contribution < 1.29 is 8.42 Å². The van der Waals surface area contributed by atoms with Gasteiger partial charge in [-0.25, -0.2) is 8.42 Å². The maximum absolute atomic E-state index is 12.3. The first-order valence-electron chi connectivity index (χ1n) is 5.09. The summed E-state index contributed by atoms with van der Waals surface area (Å²) in [6, 6.07) is 1.89. The normalized spacial score (nSPS) is 13.4. The molecule has 0 aliphatic carbocycles. The smallest absolute Gasteiger partial charge is 0.199 e. The number of alkyl halides is 1. The molecule has 0 radical (unpaired) electrons. The lowest BCUT2D eigenvalue weighted by molar-refractivity contribution is 0.562. The summed E-state index contributed by atoms with van der Waals surface area (Å²) < 4.78 is 25.8. The van der Waals surface area contributed by atoms with Gasteiger partial charge in [0.25, 0.3) is 0 Å². The van der Waals surface area contributed by atoms with E-state index in [2.05, 4.69) is 5.10 Å². The molecule has 1 atom stereocenters. The van der Waals surface area contributed by atoms with Crippen molar-refractivity contribution in [1.29, 1.82) is 5.26 Å². The molecule has 0 aromatic carbocycles. The number of nitrogens with zero attached hydrogens (tertiary/aromatic N) is 3. The van der Waals surface area contributed by atoms with Crippen molar-refractivity contribution >= 4 is 21.4 Å². The predicted octanol–water partition coefficient (Wildman–Crippen LogP) is 1.39. The van der Waals surface area contributed by atoms with Crippen LogP contribution in [0.1, 0.15) is 24.6 Å². The summed E-state index contributed by atoms with van der Waals surface area (Å²) in [5.74, 6) is 0.263. The molecular formula is C10H14ClN3O2S. The number of rotatable bonds is 4. The minimum atomic E-state index is -3.56. The zero-order valence-electron chi connectivity index (χ0n) is 9.94. The van der Waals surface area contributed by atoms with Crippen LogP contribution in [0.4, 0.5) is 0 Å². The van der Waals surface area contributed by atoms with Crippen molar-refractivity contribution in [1.82, 2.24) is 9.78 Å². The summed E-state index contributed by atoms with van der Waals surface area (Å²) in [5, 5.41) is 12.3. The fraction of sp³-hybridized carbons (Fsp3) is 0.600. The fourth-order valence-corrected chi connectivity index (χ4v) is 3.74. The monoisotopic (exact) mass is 275 g/mol. The van der Waals surface area contributed by atoms with Crippen LogP contribution in [0.15, 0.2) is 5.03 Å². The Labute approximate surface area is 106 Å². The Morgan fingerprint density at radius 1 is 1.59 bits per heavy atom. The summed E-state index contributed by atoms with van der Waals surface area (Å²) in [6.45, 7) is 3.20. The lowest BCUT2D eigenvalue weighted by Gasteiger charge is -2.11. The average molecular weight is 276 g/mol. The number of hydrogen-bond donors (Lipinski definition) is 0. The molecule has 0 saturated heterocycles. The third kappa shape index (κ3) is 2.45. The highest BCUT2D eigenvalue weighted by molar-refractivity contribution is 7.92. The molecule has 1 aromatic rings. The highest BCUT2D eigenvalue weighted by Gasteiger charge is 2.30. The SMILES string of the molecule is Cc1nn(C)c(S(=O)(=O)C(C)CCCl)c1C#N. The van der Waals surface area contributed by atoms with Crippen LogP contribution < -0.4 is 0 Å². The van der Waals surface area contributed by atoms with E-state index in [0.29, 0.717) is 12.1 Å². The molecule has 0 N–H and O–H groups in total. The van der Waals surface area contributed by atoms with Crippen LogP contribution in [0, 0.1) is 18.3 Å². The van der Waals surface area contributed by atoms with Gasteiger partial charge in [0.2, 0.25) is 0 Å². The zero-order chi connectivity index (χ0) is 13.2. The Hall–Kier alpha value is -1.06. The average Bonchev–Trinajstić information content (AvgIpc) is 2.53. The van der Waals surface area contributed by atoms with Gasteiger partial charge in [-0.05, 0) is 20.3 Å². The van der Waals surface area contributed by atoms with E-state index in [1.54, 1.807) is 13.8 Å². The van der Waals surface area contributed by atoms with Gasteiger partial charge in [0.05, 0.1) is 10.9 Å². The maximum Gasteiger partial charge on any atom is 0.199 e. The van der Waals surface area contributed by atoms with Crippen molar-refractivity contribution in [2.75, 3.05) is 5.88 Å². The molecule has 0 aliphatic rings. The minimum absolute atomic E-state index is 0.0184. The maximum atomic E-state index is 12.3. The Morgan fingerprint density at radius 3 is 2.65 bits per heavy atom. The van der Waals surface area contributed by atoms with Gasteiger partial charge in [-0.15, -0.1) is 11.6 Å². The second-order valence-corrected chi connectivity index (χ2v) is 6.49. The standard InChI is InChI=1S/C10H14ClN3O2S/c1-7(4-5-11)17(15,16)10-9(6-12)8(2)13-14(10)3/h7H,4-5H2,1-3H3. The molecule has 1 unspecified atom stereocenters. The summed E-state index contributed by atoms with van der Waals surface area (Å²) in [7, 11) is -2.04. The number of aromatic nitrogens is 2. The predicted molar refractivity (Wildman–Crippen MR) is 64.6 cm³/mol. The van der Waals surface area contributed by atoms with Crippen LogP contribution in [0.25, 0.3) is 0 Å². The Morgan fingerprint density at radius 2 is 2.18 bits per heavy atom. The summed E-state index contributed by atoms with van der Waals surface area (Å²) >= 11 is 5.56. The lowest BCUT2D eigenvalue weighted by Crippen LogP contribution is -2.22. The van der Waals surface area contributed by atoms with E-state index in [1.807, 2.05) is 6.07 Å². The largest absolute Gasteiger partial charge is 0.256 e. The fourth-order valence-electron chi connectivity index (χ4n) is 1.59. The van der Waals surface area contributed by atoms with Crippen LogP contribution in [0.3, 0.4) is 0 Å². The summed E-state index contributed by atoms with van der Waals surface area (Å²) in [6.07, 6.45) is 0.346. The molecule has 1 heterocycles. The Bertz CT molecular complexity index is 557. The molecule has 0 spiro atoms. The second-order valence-electron chi connectivity index (χ2n) is 3.83. The molecular weight excluding hydrogens is 262 g/mol. The van der Waals surface area contributed by atoms with Gasteiger partial charge in [-0.3, -0.25) is 4.68 Å². The third-order valence-corrected chi connectivity index (χ3v) is 5.12. The van der Waals surface area contributed by atoms with Crippen LogP contribution in [0.5, 0.6) is 0 Å². The first-order chi connectivity index (χ1) is 7.86. The van der Waals surface area contributed by atoms with Crippen molar-refractivity contribution in [3.8, 4) is 6.07 Å². The van der Waals surface area contributed by atoms with Crippen LogP contribution in [0.2, 0.25) is 0 Å². The van der Waals surface area contributed by atoms with E-state index in [9.17, 15) is 8.42 Å². The van der Waals surface area contributed by atoms with Gasteiger partial charge in [0.15, 0.2) is 14.9 Å². The summed E-state index contributed by atoms with van der Waals surface area (Å²) in [5.41, 5.74) is 0.542. The van der Waals surface area contributed by atoms with Gasteiger partial charge in [-0.1, -0.05) is 0 Å². The lowest BCUT2D eigenvalue weighted by atomic mass is 10.3. The molecule has 7 heteroatoms. The van der Waals surface area contributed by atoms with Gasteiger partial charge in [0.1, 0.15) is 11.6 Å². The molecule has 5 nitrogen and oxygen atoms in total. The quantitative estimate of drug-likeness (QED) is 0.778. The highest BCUT2D eigenvalue weighted by atomic mass is 35.5. The van der Waals surface area contributed by atoms with Gasteiger partial charge in [-0.2, -0.15) is 10.4 Å². The topological polar surface area (TPSA) is 75.8 Å². The van der Waals surface area contributed by atoms with E-state index in [4.69, 9.17) is 16.9 Å².